The molecular weight excluding hydrogens is 413 g/mol. The molecule has 2 N–H and O–H groups in total. The first-order chi connectivity index (χ1) is 14.0. The number of hydrogen-bond acceptors (Lipinski definition) is 3. The van der Waals surface area contributed by atoms with E-state index in [0.29, 0.717) is 34.4 Å². The molecule has 1 saturated heterocycles. The number of nitrogens with one attached hydrogen (secondary N) is 2. The summed E-state index contributed by atoms with van der Waals surface area (Å²) in [5.41, 5.74) is 1.31. The highest BCUT2D eigenvalue weighted by Crippen LogP contribution is 2.22. The lowest BCUT2D eigenvalue weighted by atomic mass is 10.00. The molecule has 1 aliphatic heterocycles. The van der Waals surface area contributed by atoms with Crippen LogP contribution in [0.25, 0.3) is 0 Å². The number of ether oxygens (including phenoxy) is 1. The predicted octanol–water partition coefficient (Wildman–Crippen LogP) is 6.02. The van der Waals surface area contributed by atoms with Crippen molar-refractivity contribution in [2.24, 2.45) is 0 Å². The molecular formula is C21H23Cl2N3O3. The third-order valence-electron chi connectivity index (χ3n) is 4.76. The van der Waals surface area contributed by atoms with E-state index in [1.54, 1.807) is 48.5 Å². The van der Waals surface area contributed by atoms with Crippen molar-refractivity contribution in [1.82, 2.24) is 4.90 Å². The Kier molecular flexibility index (Phi) is 7.61. The third-order valence-corrected chi connectivity index (χ3v) is 5.26. The molecule has 0 bridgehead atoms. The Balaban J connectivity index is 1.47. The molecule has 2 aromatic carbocycles. The molecule has 29 heavy (non-hydrogen) atoms. The Morgan fingerprint density at radius 1 is 0.931 bits per heavy atom. The van der Waals surface area contributed by atoms with Gasteiger partial charge in [0.1, 0.15) is 0 Å². The minimum absolute atomic E-state index is 0.0272. The van der Waals surface area contributed by atoms with Crippen molar-refractivity contribution in [2.45, 2.75) is 31.7 Å². The van der Waals surface area contributed by atoms with E-state index < -0.39 is 6.09 Å². The van der Waals surface area contributed by atoms with E-state index in [4.69, 9.17) is 27.9 Å². The van der Waals surface area contributed by atoms with E-state index in [1.165, 1.54) is 0 Å². The Bertz CT molecular complexity index is 828. The number of nitrogens with zero attached hydrogens (tertiary/aromatic N) is 1. The number of likely N-dealkylation sites (tertiary alicyclic amines) is 1. The van der Waals surface area contributed by atoms with E-state index in [9.17, 15) is 9.59 Å². The van der Waals surface area contributed by atoms with Crippen LogP contribution in [0.1, 0.15) is 25.7 Å². The lowest BCUT2D eigenvalue weighted by Gasteiger charge is -2.35. The van der Waals surface area contributed by atoms with Crippen LogP contribution in [0, 0.1) is 0 Å². The average Bonchev–Trinajstić information content (AvgIpc) is 2.72. The van der Waals surface area contributed by atoms with Crippen LogP contribution < -0.4 is 10.6 Å². The molecule has 3 amide bonds. The average molecular weight is 436 g/mol. The van der Waals surface area contributed by atoms with Gasteiger partial charge in [-0.15, -0.1) is 0 Å². The van der Waals surface area contributed by atoms with Crippen LogP contribution in [0.2, 0.25) is 10.0 Å². The minimum Gasteiger partial charge on any atom is -0.449 e. The smallest absolute Gasteiger partial charge is 0.411 e. The van der Waals surface area contributed by atoms with E-state index in [1.807, 2.05) is 4.90 Å². The van der Waals surface area contributed by atoms with Crippen LogP contribution in [0.4, 0.5) is 21.0 Å². The number of halogens is 2. The van der Waals surface area contributed by atoms with Gasteiger partial charge in [0.2, 0.25) is 0 Å². The number of carbonyl (C=O) groups is 2. The van der Waals surface area contributed by atoms with Crippen LogP contribution >= 0.6 is 23.2 Å². The van der Waals surface area contributed by atoms with Gasteiger partial charge in [0, 0.05) is 40.4 Å². The number of amides is 3. The number of anilines is 2. The summed E-state index contributed by atoms with van der Waals surface area (Å²) in [6.07, 6.45) is 2.95. The summed E-state index contributed by atoms with van der Waals surface area (Å²) in [5.74, 6) is 0. The first-order valence-electron chi connectivity index (χ1n) is 9.54. The summed E-state index contributed by atoms with van der Waals surface area (Å²) in [6.45, 7) is 0.913. The van der Waals surface area contributed by atoms with Gasteiger partial charge < -0.3 is 15.0 Å². The Labute approximate surface area is 180 Å². The summed E-state index contributed by atoms with van der Waals surface area (Å²) in [6, 6.07) is 13.7. The summed E-state index contributed by atoms with van der Waals surface area (Å²) in [5, 5.41) is 6.77. The zero-order valence-corrected chi connectivity index (χ0v) is 17.4. The van der Waals surface area contributed by atoms with Crippen molar-refractivity contribution >= 4 is 46.7 Å². The standard InChI is InChI=1S/C21H23Cl2N3O3/c22-15-4-8-17(9-5-15)24-20(27)26-13-2-1-3-19(26)12-14-29-21(28)25-18-10-6-16(23)7-11-18/h4-11,19H,1-3,12-14H2,(H,24,27)(H,25,28)/t19-/m0/s1. The molecule has 6 nitrogen and oxygen atoms in total. The minimum atomic E-state index is -0.528. The molecule has 0 saturated carbocycles. The van der Waals surface area contributed by atoms with Gasteiger partial charge in [-0.05, 0) is 67.8 Å². The molecule has 1 fully saturated rings. The van der Waals surface area contributed by atoms with Gasteiger partial charge in [-0.3, -0.25) is 5.32 Å². The Hall–Kier alpha value is -2.44. The molecule has 1 aliphatic rings. The fourth-order valence-corrected chi connectivity index (χ4v) is 3.52. The van der Waals surface area contributed by atoms with Crippen LogP contribution in [-0.2, 0) is 4.74 Å². The van der Waals surface area contributed by atoms with Gasteiger partial charge in [-0.2, -0.15) is 0 Å². The molecule has 0 spiro atoms. The number of carbonyl (C=O) groups excluding carboxylic acids is 2. The molecule has 0 aliphatic carbocycles. The fraction of sp³-hybridized carbons (Fsp3) is 0.333. The number of rotatable bonds is 5. The molecule has 0 aromatic heterocycles. The van der Waals surface area contributed by atoms with Crippen molar-refractivity contribution in [1.29, 1.82) is 0 Å². The van der Waals surface area contributed by atoms with Gasteiger partial charge >= 0.3 is 12.1 Å². The molecule has 154 valence electrons. The highest BCUT2D eigenvalue weighted by Gasteiger charge is 2.26. The van der Waals surface area contributed by atoms with E-state index in [2.05, 4.69) is 10.6 Å². The molecule has 0 radical (unpaired) electrons. The molecule has 1 heterocycles. The van der Waals surface area contributed by atoms with Crippen LogP contribution in [-0.4, -0.2) is 36.2 Å². The zero-order valence-electron chi connectivity index (χ0n) is 15.9. The Morgan fingerprint density at radius 3 is 2.14 bits per heavy atom. The normalized spacial score (nSPS) is 16.2. The lowest BCUT2D eigenvalue weighted by Crippen LogP contribution is -2.46. The molecule has 2 aromatic rings. The summed E-state index contributed by atoms with van der Waals surface area (Å²) < 4.78 is 5.28. The maximum Gasteiger partial charge on any atom is 0.411 e. The van der Waals surface area contributed by atoms with Gasteiger partial charge in [0.25, 0.3) is 0 Å². The molecule has 8 heteroatoms. The largest absolute Gasteiger partial charge is 0.449 e. The molecule has 3 rings (SSSR count). The first-order valence-corrected chi connectivity index (χ1v) is 10.3. The lowest BCUT2D eigenvalue weighted by molar-refractivity contribution is 0.123. The van der Waals surface area contributed by atoms with Gasteiger partial charge in [-0.1, -0.05) is 23.2 Å². The van der Waals surface area contributed by atoms with Crippen molar-refractivity contribution < 1.29 is 14.3 Å². The maximum absolute atomic E-state index is 12.7. The summed E-state index contributed by atoms with van der Waals surface area (Å²) >= 11 is 11.7. The van der Waals surface area contributed by atoms with Crippen LogP contribution in [0.3, 0.4) is 0 Å². The zero-order chi connectivity index (χ0) is 20.6. The second-order valence-electron chi connectivity index (χ2n) is 6.84. The van der Waals surface area contributed by atoms with Gasteiger partial charge in [0.05, 0.1) is 6.61 Å². The van der Waals surface area contributed by atoms with Crippen molar-refractivity contribution in [3.8, 4) is 0 Å². The van der Waals surface area contributed by atoms with Crippen LogP contribution in [0.5, 0.6) is 0 Å². The molecule has 1 atom stereocenters. The number of urea groups is 1. The monoisotopic (exact) mass is 435 g/mol. The number of benzene rings is 2. The SMILES string of the molecule is O=C(Nc1ccc(Cl)cc1)OCC[C@@H]1CCCCN1C(=O)Nc1ccc(Cl)cc1. The number of hydrogen-bond donors (Lipinski definition) is 2. The summed E-state index contributed by atoms with van der Waals surface area (Å²) in [4.78, 5) is 26.5. The van der Waals surface area contributed by atoms with Gasteiger partial charge in [-0.25, -0.2) is 9.59 Å². The van der Waals surface area contributed by atoms with Crippen molar-refractivity contribution in [3.05, 3.63) is 58.6 Å². The van der Waals surface area contributed by atoms with Gasteiger partial charge in [0.15, 0.2) is 0 Å². The second kappa shape index (κ2) is 10.4. The third kappa shape index (κ3) is 6.54. The topological polar surface area (TPSA) is 70.7 Å². The highest BCUT2D eigenvalue weighted by atomic mass is 35.5. The predicted molar refractivity (Wildman–Crippen MR) is 116 cm³/mol. The van der Waals surface area contributed by atoms with E-state index in [-0.39, 0.29) is 18.7 Å². The fourth-order valence-electron chi connectivity index (χ4n) is 3.27. The second-order valence-corrected chi connectivity index (χ2v) is 7.71. The van der Waals surface area contributed by atoms with E-state index >= 15 is 0 Å². The molecule has 0 unspecified atom stereocenters. The van der Waals surface area contributed by atoms with E-state index in [0.717, 1.165) is 19.3 Å². The maximum atomic E-state index is 12.7. The summed E-state index contributed by atoms with van der Waals surface area (Å²) in [7, 11) is 0. The van der Waals surface area contributed by atoms with Crippen LogP contribution in [0.15, 0.2) is 48.5 Å². The van der Waals surface area contributed by atoms with Crippen molar-refractivity contribution in [3.63, 3.8) is 0 Å². The first kappa shape index (κ1) is 21.3. The number of piperidine rings is 1. The van der Waals surface area contributed by atoms with Crippen molar-refractivity contribution in [2.75, 3.05) is 23.8 Å². The quantitative estimate of drug-likeness (QED) is 0.602. The Morgan fingerprint density at radius 2 is 1.52 bits per heavy atom. The highest BCUT2D eigenvalue weighted by molar-refractivity contribution is 6.30.